The van der Waals surface area contributed by atoms with Crippen molar-refractivity contribution < 1.29 is 0 Å². The van der Waals surface area contributed by atoms with Gasteiger partial charge in [-0.25, -0.2) is 4.98 Å². The van der Waals surface area contributed by atoms with Crippen molar-refractivity contribution >= 4 is 15.9 Å². The zero-order valence-corrected chi connectivity index (χ0v) is 13.7. The Bertz CT molecular complexity index is 685. The third-order valence-corrected chi connectivity index (χ3v) is 4.68. The standard InChI is InChI=1S/C15H19BrN4O/c1-11-17-9-14(16)15(21)19(11)10-12-7-8-20(18-12)13-5-3-2-4-6-13/h7-9,13H,2-6,10H2,1H3. The van der Waals surface area contributed by atoms with Gasteiger partial charge in [0.25, 0.3) is 5.56 Å². The third kappa shape index (κ3) is 3.10. The topological polar surface area (TPSA) is 52.7 Å². The Labute approximate surface area is 132 Å². The van der Waals surface area contributed by atoms with Gasteiger partial charge in [0, 0.05) is 12.4 Å². The molecule has 2 heterocycles. The molecule has 0 saturated heterocycles. The summed E-state index contributed by atoms with van der Waals surface area (Å²) in [6, 6.07) is 2.52. The lowest BCUT2D eigenvalue weighted by Gasteiger charge is -2.21. The molecule has 0 aromatic carbocycles. The predicted molar refractivity (Wildman–Crippen MR) is 84.4 cm³/mol. The quantitative estimate of drug-likeness (QED) is 0.854. The summed E-state index contributed by atoms with van der Waals surface area (Å²) in [5.41, 5.74) is 0.848. The summed E-state index contributed by atoms with van der Waals surface area (Å²) < 4.78 is 4.21. The molecule has 0 radical (unpaired) electrons. The number of aromatic nitrogens is 4. The van der Waals surface area contributed by atoms with Gasteiger partial charge >= 0.3 is 0 Å². The van der Waals surface area contributed by atoms with Gasteiger partial charge in [-0.3, -0.25) is 14.0 Å². The second-order valence-electron chi connectivity index (χ2n) is 5.62. The van der Waals surface area contributed by atoms with Gasteiger partial charge in [0.05, 0.1) is 18.3 Å². The second-order valence-corrected chi connectivity index (χ2v) is 6.48. The highest BCUT2D eigenvalue weighted by Crippen LogP contribution is 2.27. The van der Waals surface area contributed by atoms with Crippen LogP contribution >= 0.6 is 15.9 Å². The first-order chi connectivity index (χ1) is 10.1. The van der Waals surface area contributed by atoms with E-state index in [9.17, 15) is 4.79 Å². The van der Waals surface area contributed by atoms with Gasteiger partial charge in [-0.1, -0.05) is 19.3 Å². The van der Waals surface area contributed by atoms with E-state index in [0.29, 0.717) is 22.9 Å². The average Bonchev–Trinajstić information content (AvgIpc) is 2.97. The molecule has 5 nitrogen and oxygen atoms in total. The Morgan fingerprint density at radius 1 is 1.33 bits per heavy atom. The smallest absolute Gasteiger partial charge is 0.268 e. The first-order valence-corrected chi connectivity index (χ1v) is 8.20. The summed E-state index contributed by atoms with van der Waals surface area (Å²) in [4.78, 5) is 16.4. The fourth-order valence-corrected chi connectivity index (χ4v) is 3.23. The van der Waals surface area contributed by atoms with Crippen molar-refractivity contribution in [2.75, 3.05) is 0 Å². The first-order valence-electron chi connectivity index (χ1n) is 7.41. The molecular formula is C15H19BrN4O. The summed E-state index contributed by atoms with van der Waals surface area (Å²) in [7, 11) is 0. The van der Waals surface area contributed by atoms with Gasteiger partial charge in [-0.15, -0.1) is 0 Å². The Morgan fingerprint density at radius 3 is 2.86 bits per heavy atom. The number of hydrogen-bond donors (Lipinski definition) is 0. The monoisotopic (exact) mass is 350 g/mol. The van der Waals surface area contributed by atoms with Gasteiger partial charge in [0.1, 0.15) is 10.3 Å². The van der Waals surface area contributed by atoms with Gasteiger partial charge in [-0.2, -0.15) is 5.10 Å². The van der Waals surface area contributed by atoms with Crippen LogP contribution in [-0.4, -0.2) is 19.3 Å². The van der Waals surface area contributed by atoms with Gasteiger partial charge in [-0.05, 0) is 41.8 Å². The lowest BCUT2D eigenvalue weighted by molar-refractivity contribution is 0.327. The highest BCUT2D eigenvalue weighted by molar-refractivity contribution is 9.10. The van der Waals surface area contributed by atoms with Crippen LogP contribution in [0.5, 0.6) is 0 Å². The molecule has 0 atom stereocenters. The molecule has 112 valence electrons. The third-order valence-electron chi connectivity index (χ3n) is 4.14. The van der Waals surface area contributed by atoms with E-state index >= 15 is 0 Å². The summed E-state index contributed by atoms with van der Waals surface area (Å²) >= 11 is 3.24. The molecule has 1 fully saturated rings. The molecule has 0 N–H and O–H groups in total. The van der Waals surface area contributed by atoms with Crippen LogP contribution in [0.25, 0.3) is 0 Å². The highest BCUT2D eigenvalue weighted by Gasteiger charge is 2.16. The highest BCUT2D eigenvalue weighted by atomic mass is 79.9. The molecule has 6 heteroatoms. The predicted octanol–water partition coefficient (Wildman–Crippen LogP) is 3.06. The van der Waals surface area contributed by atoms with Gasteiger partial charge < -0.3 is 0 Å². The van der Waals surface area contributed by atoms with Crippen LogP contribution < -0.4 is 5.56 Å². The summed E-state index contributed by atoms with van der Waals surface area (Å²) in [6.45, 7) is 2.31. The first kappa shape index (κ1) is 14.5. The lowest BCUT2D eigenvalue weighted by atomic mass is 9.96. The molecule has 1 aliphatic rings. The Balaban J connectivity index is 1.81. The molecule has 1 saturated carbocycles. The zero-order chi connectivity index (χ0) is 14.8. The Morgan fingerprint density at radius 2 is 2.10 bits per heavy atom. The van der Waals surface area contributed by atoms with Crippen molar-refractivity contribution in [1.29, 1.82) is 0 Å². The van der Waals surface area contributed by atoms with Crippen LogP contribution in [0.2, 0.25) is 0 Å². The average molecular weight is 351 g/mol. The van der Waals surface area contributed by atoms with E-state index in [1.807, 2.05) is 19.2 Å². The van der Waals surface area contributed by atoms with Crippen molar-refractivity contribution in [2.24, 2.45) is 0 Å². The Hall–Kier alpha value is -1.43. The molecule has 1 aliphatic carbocycles. The maximum atomic E-state index is 12.1. The minimum atomic E-state index is -0.0604. The SMILES string of the molecule is Cc1ncc(Br)c(=O)n1Cc1ccn(C2CCCCC2)n1. The number of hydrogen-bond acceptors (Lipinski definition) is 3. The van der Waals surface area contributed by atoms with Crippen molar-refractivity contribution in [3.05, 3.63) is 44.8 Å². The molecular weight excluding hydrogens is 332 g/mol. The van der Waals surface area contributed by atoms with E-state index in [-0.39, 0.29) is 5.56 Å². The molecule has 0 unspecified atom stereocenters. The van der Waals surface area contributed by atoms with Gasteiger partial charge in [0.15, 0.2) is 0 Å². The molecule has 0 amide bonds. The molecule has 2 aromatic heterocycles. The van der Waals surface area contributed by atoms with E-state index in [1.54, 1.807) is 10.8 Å². The van der Waals surface area contributed by atoms with Crippen LogP contribution in [0.3, 0.4) is 0 Å². The maximum absolute atomic E-state index is 12.1. The van der Waals surface area contributed by atoms with Crippen LogP contribution in [0.15, 0.2) is 27.7 Å². The lowest BCUT2D eigenvalue weighted by Crippen LogP contribution is -2.25. The van der Waals surface area contributed by atoms with Crippen molar-refractivity contribution in [3.8, 4) is 0 Å². The minimum Gasteiger partial charge on any atom is -0.290 e. The van der Waals surface area contributed by atoms with Crippen molar-refractivity contribution in [2.45, 2.75) is 51.6 Å². The fourth-order valence-electron chi connectivity index (χ4n) is 2.91. The fraction of sp³-hybridized carbons (Fsp3) is 0.533. The summed E-state index contributed by atoms with van der Waals surface area (Å²) in [6.07, 6.45) is 9.91. The minimum absolute atomic E-state index is 0.0604. The molecule has 21 heavy (non-hydrogen) atoms. The van der Waals surface area contributed by atoms with Crippen LogP contribution in [-0.2, 0) is 6.54 Å². The molecule has 3 rings (SSSR count). The second kappa shape index (κ2) is 6.13. The Kier molecular flexibility index (Phi) is 4.24. The summed E-state index contributed by atoms with van der Waals surface area (Å²) in [5.74, 6) is 0.704. The van der Waals surface area contributed by atoms with E-state index < -0.39 is 0 Å². The van der Waals surface area contributed by atoms with Crippen LogP contribution in [0, 0.1) is 6.92 Å². The number of rotatable bonds is 3. The van der Waals surface area contributed by atoms with Gasteiger partial charge in [0.2, 0.25) is 0 Å². The van der Waals surface area contributed by atoms with E-state index in [2.05, 4.69) is 30.7 Å². The number of nitrogens with zero attached hydrogens (tertiary/aromatic N) is 4. The van der Waals surface area contributed by atoms with Crippen molar-refractivity contribution in [3.63, 3.8) is 0 Å². The largest absolute Gasteiger partial charge is 0.290 e. The van der Waals surface area contributed by atoms with Crippen LogP contribution in [0.4, 0.5) is 0 Å². The zero-order valence-electron chi connectivity index (χ0n) is 12.1. The van der Waals surface area contributed by atoms with E-state index in [1.165, 1.54) is 32.1 Å². The van der Waals surface area contributed by atoms with E-state index in [4.69, 9.17) is 0 Å². The molecule has 0 aliphatic heterocycles. The van der Waals surface area contributed by atoms with Crippen LogP contribution in [0.1, 0.15) is 49.7 Å². The normalized spacial score (nSPS) is 16.3. The summed E-state index contributed by atoms with van der Waals surface area (Å²) in [5, 5.41) is 4.65. The molecule has 2 aromatic rings. The molecule has 0 bridgehead atoms. The maximum Gasteiger partial charge on any atom is 0.268 e. The van der Waals surface area contributed by atoms with E-state index in [0.717, 1.165) is 5.69 Å². The number of halogens is 1. The van der Waals surface area contributed by atoms with Crippen molar-refractivity contribution in [1.82, 2.24) is 19.3 Å². The molecule has 0 spiro atoms. The number of aryl methyl sites for hydroxylation is 1.